The van der Waals surface area contributed by atoms with Crippen LogP contribution in [0.5, 0.6) is 11.5 Å². The number of Topliss-reactive ketones (excluding diaryl/α,β-unsaturated/α-hetero) is 1. The van der Waals surface area contributed by atoms with Crippen molar-refractivity contribution in [3.63, 3.8) is 0 Å². The minimum absolute atomic E-state index is 0.0246. The number of fused-ring (bicyclic) bond motifs is 5. The number of carbonyl (C=O) groups excluding carboxylic acids is 2. The quantitative estimate of drug-likeness (QED) is 0.459. The third kappa shape index (κ3) is 3.95. The summed E-state index contributed by atoms with van der Waals surface area (Å²) in [6.07, 6.45) is 10.2. The molecule has 0 aromatic heterocycles. The van der Waals surface area contributed by atoms with Crippen LogP contribution in [0.1, 0.15) is 65.2 Å². The number of benzene rings is 1. The van der Waals surface area contributed by atoms with Gasteiger partial charge in [0, 0.05) is 24.3 Å². The molecule has 0 N–H and O–H groups in total. The highest BCUT2D eigenvalue weighted by molar-refractivity contribution is 9.10. The van der Waals surface area contributed by atoms with Gasteiger partial charge in [-0.1, -0.05) is 19.4 Å². The molecule has 0 amide bonds. The third-order valence-corrected chi connectivity index (χ3v) is 9.68. The average molecular weight is 503 g/mol. The lowest BCUT2D eigenvalue weighted by molar-refractivity contribution is -0.132. The molecule has 0 aliphatic heterocycles. The van der Waals surface area contributed by atoms with E-state index in [4.69, 9.17) is 9.47 Å². The molecule has 5 atom stereocenters. The first-order valence-electron chi connectivity index (χ1n) is 11.9. The van der Waals surface area contributed by atoms with E-state index in [2.05, 4.69) is 29.8 Å². The van der Waals surface area contributed by atoms with Gasteiger partial charge in [0.1, 0.15) is 17.3 Å². The summed E-state index contributed by atoms with van der Waals surface area (Å²) < 4.78 is 11.0. The van der Waals surface area contributed by atoms with E-state index in [0.29, 0.717) is 29.3 Å². The molecule has 1 aromatic rings. The van der Waals surface area contributed by atoms with Gasteiger partial charge in [-0.05, 0) is 95.8 Å². The minimum atomic E-state index is -0.0246. The summed E-state index contributed by atoms with van der Waals surface area (Å²) in [6, 6.07) is 5.58. The highest BCUT2D eigenvalue weighted by atomic mass is 79.9. The third-order valence-electron chi connectivity index (χ3n) is 9.03. The van der Waals surface area contributed by atoms with E-state index >= 15 is 0 Å². The van der Waals surface area contributed by atoms with Crippen molar-refractivity contribution in [2.24, 2.45) is 28.6 Å². The second-order valence-corrected chi connectivity index (χ2v) is 11.2. The lowest BCUT2D eigenvalue weighted by atomic mass is 9.47. The molecule has 0 spiro atoms. The van der Waals surface area contributed by atoms with Crippen molar-refractivity contribution in [2.75, 3.05) is 14.2 Å². The molecule has 174 valence electrons. The molecule has 0 radical (unpaired) electrons. The van der Waals surface area contributed by atoms with E-state index in [1.54, 1.807) is 14.2 Å². The Kier molecular flexibility index (Phi) is 6.59. The van der Waals surface area contributed by atoms with Crippen LogP contribution in [0.3, 0.4) is 0 Å². The zero-order valence-electron chi connectivity index (χ0n) is 19.7. The topological polar surface area (TPSA) is 52.6 Å². The maximum Gasteiger partial charge on any atom is 0.155 e. The number of hydrogen-bond acceptors (Lipinski definition) is 4. The summed E-state index contributed by atoms with van der Waals surface area (Å²) >= 11 is 3.34. The Morgan fingerprint density at radius 2 is 1.66 bits per heavy atom. The summed E-state index contributed by atoms with van der Waals surface area (Å²) in [7, 11) is 3.25. The molecule has 4 nitrogen and oxygen atoms in total. The Bertz CT molecular complexity index is 938. The summed E-state index contributed by atoms with van der Waals surface area (Å²) in [5.41, 5.74) is 1.64. The Balaban J connectivity index is 0.000000189. The average Bonchev–Trinajstić information content (AvgIpc) is 3.09. The maximum atomic E-state index is 12.4. The van der Waals surface area contributed by atoms with Crippen molar-refractivity contribution in [3.05, 3.63) is 34.3 Å². The Morgan fingerprint density at radius 1 is 0.906 bits per heavy atom. The fourth-order valence-corrected chi connectivity index (χ4v) is 7.51. The van der Waals surface area contributed by atoms with E-state index < -0.39 is 0 Å². The zero-order chi connectivity index (χ0) is 23.1. The number of methoxy groups -OCH3 is 2. The molecular formula is C27H35BrO4. The lowest BCUT2D eigenvalue weighted by Crippen LogP contribution is -2.50. The second-order valence-electron chi connectivity index (χ2n) is 10.4. The number of halogens is 1. The van der Waals surface area contributed by atoms with Crippen molar-refractivity contribution in [1.29, 1.82) is 0 Å². The predicted octanol–water partition coefficient (Wildman–Crippen LogP) is 6.55. The van der Waals surface area contributed by atoms with Gasteiger partial charge >= 0.3 is 0 Å². The van der Waals surface area contributed by atoms with E-state index in [1.807, 2.05) is 24.3 Å². The van der Waals surface area contributed by atoms with Crippen LogP contribution < -0.4 is 9.47 Å². The van der Waals surface area contributed by atoms with Crippen molar-refractivity contribution >= 4 is 27.5 Å². The number of carbonyl (C=O) groups is 2. The summed E-state index contributed by atoms with van der Waals surface area (Å²) in [5, 5.41) is 0. The first kappa shape index (κ1) is 23.5. The predicted molar refractivity (Wildman–Crippen MR) is 129 cm³/mol. The monoisotopic (exact) mass is 502 g/mol. The Morgan fingerprint density at radius 3 is 2.38 bits per heavy atom. The molecule has 5 heteroatoms. The van der Waals surface area contributed by atoms with Crippen LogP contribution in [0.4, 0.5) is 0 Å². The number of ketones is 2. The van der Waals surface area contributed by atoms with E-state index in [-0.39, 0.29) is 10.8 Å². The molecule has 3 saturated carbocycles. The summed E-state index contributed by atoms with van der Waals surface area (Å²) in [6.45, 7) is 4.64. The van der Waals surface area contributed by atoms with Gasteiger partial charge in [0.2, 0.25) is 0 Å². The van der Waals surface area contributed by atoms with Crippen LogP contribution in [0.15, 0.2) is 34.3 Å². The second kappa shape index (κ2) is 8.96. The van der Waals surface area contributed by atoms with Gasteiger partial charge in [0.25, 0.3) is 0 Å². The van der Waals surface area contributed by atoms with Crippen LogP contribution >= 0.6 is 15.9 Å². The molecule has 0 saturated heterocycles. The largest absolute Gasteiger partial charge is 0.497 e. The lowest BCUT2D eigenvalue weighted by Gasteiger charge is -2.56. The highest BCUT2D eigenvalue weighted by Crippen LogP contribution is 2.64. The molecule has 1 aromatic carbocycles. The van der Waals surface area contributed by atoms with Crippen LogP contribution in [0.2, 0.25) is 0 Å². The molecule has 32 heavy (non-hydrogen) atoms. The minimum Gasteiger partial charge on any atom is -0.497 e. The van der Waals surface area contributed by atoms with Gasteiger partial charge in [0.15, 0.2) is 5.78 Å². The van der Waals surface area contributed by atoms with Crippen LogP contribution in [-0.2, 0) is 9.59 Å². The molecule has 4 aliphatic rings. The number of ether oxygens (including phenoxy) is 2. The van der Waals surface area contributed by atoms with E-state index in [9.17, 15) is 9.59 Å². The summed E-state index contributed by atoms with van der Waals surface area (Å²) in [4.78, 5) is 24.1. The van der Waals surface area contributed by atoms with Gasteiger partial charge in [-0.25, -0.2) is 0 Å². The van der Waals surface area contributed by atoms with Gasteiger partial charge in [-0.2, -0.15) is 0 Å². The Labute approximate surface area is 200 Å². The van der Waals surface area contributed by atoms with E-state index in [1.165, 1.54) is 18.4 Å². The van der Waals surface area contributed by atoms with Gasteiger partial charge in [0.05, 0.1) is 18.7 Å². The van der Waals surface area contributed by atoms with Crippen molar-refractivity contribution in [2.45, 2.75) is 65.2 Å². The standard InChI is InChI=1S/C19H26O2.C8H9BrO2/c1-18-9-7-13(20)11-12(18)3-4-14-15-5-6-17(21)19(15,2)10-8-16(14)18;1-10-6-3-4-7(9)8(5-6)11-2/h11,14-16H,3-10H2,1-2H3;3-5H,1-2H3/t14-,15-,16-,18-,19-;/m0./s1. The van der Waals surface area contributed by atoms with Crippen molar-refractivity contribution in [3.8, 4) is 11.5 Å². The van der Waals surface area contributed by atoms with Crippen molar-refractivity contribution < 1.29 is 19.1 Å². The molecule has 3 fully saturated rings. The summed E-state index contributed by atoms with van der Waals surface area (Å²) in [5.74, 6) is 4.46. The molecule has 0 unspecified atom stereocenters. The SMILES string of the molecule is COc1ccc(Br)c(OC)c1.C[C@]12CCC(=O)C=C1CC[C@@H]1[C@@H]2CC[C@]2(C)C(=O)CC[C@@H]12. The number of allylic oxidation sites excluding steroid dienone is 1. The van der Waals surface area contributed by atoms with Crippen LogP contribution in [0, 0.1) is 28.6 Å². The van der Waals surface area contributed by atoms with Crippen molar-refractivity contribution in [1.82, 2.24) is 0 Å². The van der Waals surface area contributed by atoms with Gasteiger partial charge in [-0.3, -0.25) is 9.59 Å². The molecule has 0 bridgehead atoms. The molecular weight excluding hydrogens is 468 g/mol. The number of hydrogen-bond donors (Lipinski definition) is 0. The number of rotatable bonds is 2. The molecule has 5 rings (SSSR count). The fourth-order valence-electron chi connectivity index (χ4n) is 7.10. The fraction of sp³-hybridized carbons (Fsp3) is 0.630. The zero-order valence-corrected chi connectivity index (χ0v) is 21.3. The van der Waals surface area contributed by atoms with Gasteiger partial charge in [-0.15, -0.1) is 0 Å². The van der Waals surface area contributed by atoms with E-state index in [0.717, 1.165) is 54.5 Å². The van der Waals surface area contributed by atoms with Crippen LogP contribution in [0.25, 0.3) is 0 Å². The maximum absolute atomic E-state index is 12.4. The first-order chi connectivity index (χ1) is 15.2. The normalized spacial score (nSPS) is 35.5. The highest BCUT2D eigenvalue weighted by Gasteiger charge is 2.58. The molecule has 0 heterocycles. The van der Waals surface area contributed by atoms with Gasteiger partial charge < -0.3 is 9.47 Å². The first-order valence-corrected chi connectivity index (χ1v) is 12.7. The Hall–Kier alpha value is -1.62. The van der Waals surface area contributed by atoms with Crippen LogP contribution in [-0.4, -0.2) is 25.8 Å². The smallest absolute Gasteiger partial charge is 0.155 e. The molecule has 4 aliphatic carbocycles.